The predicted molar refractivity (Wildman–Crippen MR) is 182 cm³/mol. The summed E-state index contributed by atoms with van der Waals surface area (Å²) in [4.78, 5) is 57.5. The fraction of sp³-hybridized carbons (Fsp3) is 0.421. The fourth-order valence-electron chi connectivity index (χ4n) is 7.49. The van der Waals surface area contributed by atoms with Crippen LogP contribution in [0, 0.1) is 0 Å². The topological polar surface area (TPSA) is 117 Å². The number of amides is 3. The number of carbonyl (C=O) groups excluding carboxylic acids is 4. The standard InChI is InChI=1S/C38H44N4O6/c1-47-34(43)16-20-39-37(46)38(27-9-3-2-4-10-27)19-15-30(29-11-5-7-13-32(29)38)36(45)42-21-17-28(18-22-42)40-35(44)31-12-6-8-14-33(31)41-23-25-48-26-24-41/h2-14,28,30H,15-26H2,1H3,(H,39,46)(H,40,44)/t30-,38?/m1/s1. The predicted octanol–water partition coefficient (Wildman–Crippen LogP) is 3.79. The first-order valence-electron chi connectivity index (χ1n) is 16.9. The maximum Gasteiger partial charge on any atom is 0.307 e. The summed E-state index contributed by atoms with van der Waals surface area (Å²) in [6, 6.07) is 25.1. The molecule has 0 spiro atoms. The van der Waals surface area contributed by atoms with Crippen molar-refractivity contribution in [2.45, 2.75) is 49.5 Å². The van der Waals surface area contributed by atoms with Gasteiger partial charge in [0.2, 0.25) is 11.8 Å². The summed E-state index contributed by atoms with van der Waals surface area (Å²) in [5.74, 6) is -1.00. The van der Waals surface area contributed by atoms with E-state index in [-0.39, 0.29) is 48.6 Å². The van der Waals surface area contributed by atoms with Crippen molar-refractivity contribution in [3.05, 3.63) is 101 Å². The quantitative estimate of drug-likeness (QED) is 0.338. The molecule has 10 heteroatoms. The van der Waals surface area contributed by atoms with Crippen molar-refractivity contribution in [3.63, 3.8) is 0 Å². The van der Waals surface area contributed by atoms with E-state index < -0.39 is 5.41 Å². The van der Waals surface area contributed by atoms with E-state index in [0.29, 0.717) is 57.6 Å². The zero-order chi connectivity index (χ0) is 33.5. The number of rotatable bonds is 9. The van der Waals surface area contributed by atoms with Crippen LogP contribution in [0.25, 0.3) is 0 Å². The van der Waals surface area contributed by atoms with Crippen LogP contribution in [0.2, 0.25) is 0 Å². The number of hydrogen-bond donors (Lipinski definition) is 2. The van der Waals surface area contributed by atoms with E-state index in [1.807, 2.05) is 83.8 Å². The molecule has 0 aromatic heterocycles. The number of fused-ring (bicyclic) bond motifs is 1. The summed E-state index contributed by atoms with van der Waals surface area (Å²) in [5.41, 5.74) is 3.11. The molecule has 3 aromatic carbocycles. The van der Waals surface area contributed by atoms with Gasteiger partial charge in [0, 0.05) is 44.5 Å². The summed E-state index contributed by atoms with van der Waals surface area (Å²) >= 11 is 0. The van der Waals surface area contributed by atoms with Crippen LogP contribution in [-0.2, 0) is 29.3 Å². The molecule has 2 N–H and O–H groups in total. The summed E-state index contributed by atoms with van der Waals surface area (Å²) in [6.45, 7) is 4.05. The molecule has 252 valence electrons. The summed E-state index contributed by atoms with van der Waals surface area (Å²) in [6.07, 6.45) is 2.37. The van der Waals surface area contributed by atoms with Crippen LogP contribution in [0.5, 0.6) is 0 Å². The van der Waals surface area contributed by atoms with Crippen molar-refractivity contribution < 1.29 is 28.7 Å². The summed E-state index contributed by atoms with van der Waals surface area (Å²) in [7, 11) is 1.33. The Bertz CT molecular complexity index is 1620. The Morgan fingerprint density at radius 2 is 1.54 bits per heavy atom. The zero-order valence-corrected chi connectivity index (χ0v) is 27.5. The van der Waals surface area contributed by atoms with Crippen molar-refractivity contribution in [2.24, 2.45) is 0 Å². The number of carbonyl (C=O) groups is 4. The molecule has 2 fully saturated rings. The van der Waals surface area contributed by atoms with Crippen molar-refractivity contribution in [2.75, 3.05) is 57.9 Å². The van der Waals surface area contributed by atoms with E-state index in [2.05, 4.69) is 15.5 Å². The highest BCUT2D eigenvalue weighted by Gasteiger charge is 2.48. The highest BCUT2D eigenvalue weighted by Crippen LogP contribution is 2.48. The van der Waals surface area contributed by atoms with Crippen molar-refractivity contribution in [3.8, 4) is 0 Å². The molecule has 2 aliphatic heterocycles. The van der Waals surface area contributed by atoms with Crippen LogP contribution in [0.3, 0.4) is 0 Å². The second-order valence-electron chi connectivity index (χ2n) is 12.7. The lowest BCUT2D eigenvalue weighted by atomic mass is 9.62. The first-order valence-corrected chi connectivity index (χ1v) is 16.9. The lowest BCUT2D eigenvalue weighted by Crippen LogP contribution is -2.51. The van der Waals surface area contributed by atoms with Gasteiger partial charge in [0.25, 0.3) is 5.91 Å². The zero-order valence-electron chi connectivity index (χ0n) is 27.5. The molecule has 3 amide bonds. The number of nitrogens with zero attached hydrogens (tertiary/aromatic N) is 2. The smallest absolute Gasteiger partial charge is 0.307 e. The van der Waals surface area contributed by atoms with E-state index in [9.17, 15) is 19.2 Å². The fourth-order valence-corrected chi connectivity index (χ4v) is 7.49. The number of anilines is 1. The Morgan fingerprint density at radius 3 is 2.29 bits per heavy atom. The van der Waals surface area contributed by atoms with Gasteiger partial charge in [-0.05, 0) is 54.5 Å². The molecule has 1 aliphatic carbocycles. The van der Waals surface area contributed by atoms with E-state index in [1.165, 1.54) is 7.11 Å². The Morgan fingerprint density at radius 1 is 0.854 bits per heavy atom. The molecule has 2 atom stereocenters. The molecule has 1 unspecified atom stereocenters. The molecule has 0 saturated carbocycles. The third-order valence-corrected chi connectivity index (χ3v) is 10.0. The van der Waals surface area contributed by atoms with Crippen LogP contribution in [0.1, 0.15) is 65.1 Å². The molecular formula is C38H44N4O6. The van der Waals surface area contributed by atoms with E-state index in [1.54, 1.807) is 0 Å². The van der Waals surface area contributed by atoms with Crippen molar-refractivity contribution in [1.29, 1.82) is 0 Å². The normalized spacial score (nSPS) is 21.1. The third kappa shape index (κ3) is 6.80. The number of nitrogens with one attached hydrogen (secondary N) is 2. The van der Waals surface area contributed by atoms with Crippen LogP contribution in [0.4, 0.5) is 5.69 Å². The molecule has 6 rings (SSSR count). The van der Waals surface area contributed by atoms with E-state index in [4.69, 9.17) is 9.47 Å². The molecule has 3 aromatic rings. The maximum atomic E-state index is 14.2. The number of benzene rings is 3. The Hall–Kier alpha value is -4.70. The minimum absolute atomic E-state index is 0.0302. The highest BCUT2D eigenvalue weighted by atomic mass is 16.5. The largest absolute Gasteiger partial charge is 0.469 e. The van der Waals surface area contributed by atoms with Gasteiger partial charge in [0.05, 0.1) is 43.6 Å². The summed E-state index contributed by atoms with van der Waals surface area (Å²) < 4.78 is 10.3. The lowest BCUT2D eigenvalue weighted by Gasteiger charge is -2.42. The van der Waals surface area contributed by atoms with E-state index >= 15 is 0 Å². The van der Waals surface area contributed by atoms with Gasteiger partial charge in [-0.3, -0.25) is 19.2 Å². The third-order valence-electron chi connectivity index (χ3n) is 10.0. The second kappa shape index (κ2) is 15.0. The molecule has 3 aliphatic rings. The van der Waals surface area contributed by atoms with Crippen LogP contribution in [-0.4, -0.2) is 87.7 Å². The van der Waals surface area contributed by atoms with Gasteiger partial charge in [-0.1, -0.05) is 66.7 Å². The maximum absolute atomic E-state index is 14.2. The molecule has 2 heterocycles. The number of ether oxygens (including phenoxy) is 2. The molecule has 0 bridgehead atoms. The van der Waals surface area contributed by atoms with Crippen molar-refractivity contribution >= 4 is 29.4 Å². The van der Waals surface area contributed by atoms with Gasteiger partial charge in [-0.2, -0.15) is 0 Å². The monoisotopic (exact) mass is 652 g/mol. The van der Waals surface area contributed by atoms with Crippen LogP contribution >= 0.6 is 0 Å². The summed E-state index contributed by atoms with van der Waals surface area (Å²) in [5, 5.41) is 6.21. The average molecular weight is 653 g/mol. The van der Waals surface area contributed by atoms with Gasteiger partial charge in [-0.25, -0.2) is 0 Å². The average Bonchev–Trinajstić information content (AvgIpc) is 3.15. The number of esters is 1. The van der Waals surface area contributed by atoms with Gasteiger partial charge >= 0.3 is 5.97 Å². The first kappa shape index (κ1) is 33.2. The van der Waals surface area contributed by atoms with Gasteiger partial charge in [0.15, 0.2) is 0 Å². The van der Waals surface area contributed by atoms with Crippen LogP contribution < -0.4 is 15.5 Å². The SMILES string of the molecule is COC(=O)CCNC(=O)C1(c2ccccc2)CC[C@@H](C(=O)N2CCC(NC(=O)c3ccccc3N3CCOCC3)CC2)c2ccccc21. The van der Waals surface area contributed by atoms with Gasteiger partial charge in [-0.15, -0.1) is 0 Å². The lowest BCUT2D eigenvalue weighted by molar-refractivity contribution is -0.140. The Balaban J connectivity index is 1.15. The van der Waals surface area contributed by atoms with E-state index in [0.717, 1.165) is 35.5 Å². The van der Waals surface area contributed by atoms with Gasteiger partial charge in [0.1, 0.15) is 0 Å². The molecule has 48 heavy (non-hydrogen) atoms. The Kier molecular flexibility index (Phi) is 10.4. The minimum atomic E-state index is -1.00. The molecule has 0 radical (unpaired) electrons. The number of morpholine rings is 1. The Labute approximate surface area is 281 Å². The van der Waals surface area contributed by atoms with Crippen molar-refractivity contribution in [1.82, 2.24) is 15.5 Å². The number of para-hydroxylation sites is 1. The number of piperidine rings is 1. The number of likely N-dealkylation sites (tertiary alicyclic amines) is 1. The number of methoxy groups -OCH3 is 1. The van der Waals surface area contributed by atoms with Crippen LogP contribution in [0.15, 0.2) is 78.9 Å². The highest BCUT2D eigenvalue weighted by molar-refractivity contribution is 6.00. The molecule has 10 nitrogen and oxygen atoms in total. The first-order chi connectivity index (χ1) is 23.4. The number of hydrogen-bond acceptors (Lipinski definition) is 7. The minimum Gasteiger partial charge on any atom is -0.469 e. The second-order valence-corrected chi connectivity index (χ2v) is 12.7. The molecular weight excluding hydrogens is 608 g/mol. The van der Waals surface area contributed by atoms with Gasteiger partial charge < -0.3 is 29.9 Å². The molecule has 2 saturated heterocycles.